The molecule has 0 spiro atoms. The van der Waals surface area contributed by atoms with Crippen molar-refractivity contribution in [2.45, 2.75) is 5.92 Å². The lowest BCUT2D eigenvalue weighted by Gasteiger charge is -2.41. The van der Waals surface area contributed by atoms with Crippen LogP contribution in [0.1, 0.15) is 5.56 Å². The van der Waals surface area contributed by atoms with Crippen LogP contribution >= 0.6 is 0 Å². The Hall–Kier alpha value is -5.25. The van der Waals surface area contributed by atoms with Crippen molar-refractivity contribution in [2.24, 2.45) is 28.2 Å². The molecule has 7 rings (SSSR count). The lowest BCUT2D eigenvalue weighted by molar-refractivity contribution is -0.0261. The molecule has 0 saturated carbocycles. The Morgan fingerprint density at radius 2 is 1.78 bits per heavy atom. The number of alkyl halides is 2. The van der Waals surface area contributed by atoms with E-state index in [4.69, 9.17) is 4.98 Å². The summed E-state index contributed by atoms with van der Waals surface area (Å²) in [5, 5.41) is 14.4. The van der Waals surface area contributed by atoms with Gasteiger partial charge in [-0.15, -0.1) is 0 Å². The number of imidazole rings is 3. The van der Waals surface area contributed by atoms with Crippen molar-refractivity contribution in [1.29, 1.82) is 5.26 Å². The summed E-state index contributed by atoms with van der Waals surface area (Å²) in [7, 11) is 6.96. The van der Waals surface area contributed by atoms with Gasteiger partial charge in [-0.2, -0.15) is 10.4 Å². The van der Waals surface area contributed by atoms with E-state index >= 15 is 0 Å². The van der Waals surface area contributed by atoms with Gasteiger partial charge in [0.2, 0.25) is 0 Å². The molecule has 0 atom stereocenters. The number of aromatic nitrogens is 8. The van der Waals surface area contributed by atoms with Crippen LogP contribution in [0.25, 0.3) is 50.4 Å². The van der Waals surface area contributed by atoms with Crippen molar-refractivity contribution in [3.05, 3.63) is 65.2 Å². The first-order chi connectivity index (χ1) is 19.6. The van der Waals surface area contributed by atoms with Crippen LogP contribution in [0.15, 0.2) is 54.0 Å². The molecule has 5 heterocycles. The molecule has 0 unspecified atom stereocenters. The molecule has 13 heteroatoms. The maximum absolute atomic E-state index is 14.0. The van der Waals surface area contributed by atoms with Crippen molar-refractivity contribution < 1.29 is 8.78 Å². The molecule has 6 aromatic rings. The Kier molecular flexibility index (Phi) is 5.06. The molecule has 0 N–H and O–H groups in total. The molecule has 206 valence electrons. The number of rotatable bonds is 4. The fourth-order valence-corrected chi connectivity index (χ4v) is 5.69. The van der Waals surface area contributed by atoms with E-state index in [9.17, 15) is 18.8 Å². The largest absolute Gasteiger partial charge is 0.357 e. The van der Waals surface area contributed by atoms with Crippen LogP contribution in [0.5, 0.6) is 0 Å². The Labute approximate surface area is 231 Å². The molecule has 0 aliphatic carbocycles. The minimum absolute atomic E-state index is 0.263. The van der Waals surface area contributed by atoms with E-state index in [1.807, 2.05) is 41.6 Å². The molecule has 1 aliphatic heterocycles. The lowest BCUT2D eigenvalue weighted by atomic mass is 10.0. The van der Waals surface area contributed by atoms with Gasteiger partial charge >= 0.3 is 5.69 Å². The molecule has 0 radical (unpaired) electrons. The molecule has 4 aromatic heterocycles. The number of hydrogen-bond donors (Lipinski definition) is 0. The van der Waals surface area contributed by atoms with Crippen LogP contribution in [0.2, 0.25) is 0 Å². The second kappa shape index (κ2) is 8.37. The zero-order valence-corrected chi connectivity index (χ0v) is 22.7. The average Bonchev–Trinajstić information content (AvgIpc) is 3.69. The number of nitriles is 1. The molecular formula is C28H24F2N10O. The average molecular weight is 555 g/mol. The highest BCUT2D eigenvalue weighted by atomic mass is 19.3. The predicted molar refractivity (Wildman–Crippen MR) is 149 cm³/mol. The maximum Gasteiger partial charge on any atom is 0.328 e. The smallest absolute Gasteiger partial charge is 0.328 e. The Balaban J connectivity index is 1.56. The van der Waals surface area contributed by atoms with Gasteiger partial charge in [0.05, 0.1) is 76.9 Å². The van der Waals surface area contributed by atoms with E-state index in [1.54, 1.807) is 54.5 Å². The number of benzene rings is 2. The van der Waals surface area contributed by atoms with Crippen LogP contribution in [-0.4, -0.2) is 57.0 Å². The van der Waals surface area contributed by atoms with Crippen LogP contribution in [0.4, 0.5) is 14.5 Å². The van der Waals surface area contributed by atoms with Gasteiger partial charge < -0.3 is 9.47 Å². The van der Waals surface area contributed by atoms with Gasteiger partial charge in [-0.1, -0.05) is 0 Å². The maximum atomic E-state index is 14.0. The monoisotopic (exact) mass is 554 g/mol. The topological polar surface area (TPSA) is 107 Å². The highest BCUT2D eigenvalue weighted by Crippen LogP contribution is 2.40. The van der Waals surface area contributed by atoms with Crippen molar-refractivity contribution in [3.63, 3.8) is 0 Å². The first kappa shape index (κ1) is 24.8. The zero-order chi connectivity index (χ0) is 28.8. The molecule has 1 fully saturated rings. The highest BCUT2D eigenvalue weighted by Gasteiger charge is 2.45. The number of nitrogens with zero attached hydrogens (tertiary/aromatic N) is 10. The molecule has 1 aliphatic rings. The molecule has 41 heavy (non-hydrogen) atoms. The van der Waals surface area contributed by atoms with E-state index in [0.29, 0.717) is 56.1 Å². The van der Waals surface area contributed by atoms with Crippen molar-refractivity contribution in [2.75, 3.05) is 18.0 Å². The summed E-state index contributed by atoms with van der Waals surface area (Å²) < 4.78 is 36.4. The van der Waals surface area contributed by atoms with E-state index in [-0.39, 0.29) is 5.69 Å². The van der Waals surface area contributed by atoms with E-state index < -0.39 is 19.0 Å². The third-order valence-electron chi connectivity index (χ3n) is 7.74. The lowest BCUT2D eigenvalue weighted by Crippen LogP contribution is -2.56. The van der Waals surface area contributed by atoms with Gasteiger partial charge in [0.1, 0.15) is 5.69 Å². The summed E-state index contributed by atoms with van der Waals surface area (Å²) in [6, 6.07) is 9.58. The summed E-state index contributed by atoms with van der Waals surface area (Å²) in [5.41, 5.74) is 5.91. The molecule has 1 saturated heterocycles. The normalized spacial score (nSPS) is 14.6. The van der Waals surface area contributed by atoms with Gasteiger partial charge in [0.25, 0.3) is 5.92 Å². The van der Waals surface area contributed by atoms with Gasteiger partial charge in [-0.25, -0.2) is 23.5 Å². The molecule has 0 amide bonds. The van der Waals surface area contributed by atoms with E-state index in [0.717, 1.165) is 5.56 Å². The summed E-state index contributed by atoms with van der Waals surface area (Å²) in [6.07, 6.45) is 6.89. The Morgan fingerprint density at radius 3 is 2.41 bits per heavy atom. The SMILES string of the molecule is Cn1cc(-c2cc3nc(-c4cncn4C)n(-c4cc(N5CC(F)(F)C5)c5c(c4)n(C)c(=O)n5C)c3cc2C#N)cn1. The van der Waals surface area contributed by atoms with Gasteiger partial charge in [0.15, 0.2) is 5.82 Å². The molecule has 11 nitrogen and oxygen atoms in total. The Bertz CT molecular complexity index is 2130. The highest BCUT2D eigenvalue weighted by molar-refractivity contribution is 5.95. The summed E-state index contributed by atoms with van der Waals surface area (Å²) in [6.45, 7) is -0.887. The second-order valence-corrected chi connectivity index (χ2v) is 10.5. The predicted octanol–water partition coefficient (Wildman–Crippen LogP) is 3.34. The fraction of sp³-hybridized carbons (Fsp3) is 0.250. The van der Waals surface area contributed by atoms with Crippen molar-refractivity contribution >= 4 is 27.8 Å². The number of aryl methyl sites for hydroxylation is 4. The fourth-order valence-electron chi connectivity index (χ4n) is 5.69. The first-order valence-electron chi connectivity index (χ1n) is 12.8. The first-order valence-corrected chi connectivity index (χ1v) is 12.8. The third kappa shape index (κ3) is 3.60. The number of hydrogen-bond acceptors (Lipinski definition) is 6. The molecule has 0 bridgehead atoms. The Morgan fingerprint density at radius 1 is 1.00 bits per heavy atom. The van der Waals surface area contributed by atoms with E-state index in [1.165, 1.54) is 9.13 Å². The van der Waals surface area contributed by atoms with Crippen molar-refractivity contribution in [1.82, 2.24) is 38.0 Å². The number of halogens is 2. The minimum Gasteiger partial charge on any atom is -0.357 e. The number of fused-ring (bicyclic) bond motifs is 2. The third-order valence-corrected chi connectivity index (χ3v) is 7.74. The van der Waals surface area contributed by atoms with Gasteiger partial charge in [0, 0.05) is 45.5 Å². The van der Waals surface area contributed by atoms with E-state index in [2.05, 4.69) is 16.2 Å². The number of anilines is 1. The zero-order valence-electron chi connectivity index (χ0n) is 22.7. The summed E-state index contributed by atoms with van der Waals surface area (Å²) in [5.74, 6) is -2.26. The molecule has 2 aromatic carbocycles. The second-order valence-electron chi connectivity index (χ2n) is 10.5. The summed E-state index contributed by atoms with van der Waals surface area (Å²) in [4.78, 5) is 23.8. The molecular weight excluding hydrogens is 530 g/mol. The van der Waals surface area contributed by atoms with Crippen molar-refractivity contribution in [3.8, 4) is 34.4 Å². The quantitative estimate of drug-likeness (QED) is 0.331. The summed E-state index contributed by atoms with van der Waals surface area (Å²) >= 11 is 0. The standard InChI is InChI=1S/C28H24F2N10O/c1-35-15-32-11-24(35)26-34-20-8-19(17-10-33-36(2)12-17)16(9-31)5-21(20)40(26)18-6-22-25(38(4)27(41)37(22)3)23(7-18)39-13-28(29,30)14-39/h5-8,10-12,15H,13-14H2,1-4H3. The van der Waals surface area contributed by atoms with Gasteiger partial charge in [-0.05, 0) is 24.3 Å². The minimum atomic E-state index is -2.80. The van der Waals surface area contributed by atoms with Crippen LogP contribution in [0, 0.1) is 11.3 Å². The van der Waals surface area contributed by atoms with Crippen LogP contribution < -0.4 is 10.6 Å². The van der Waals surface area contributed by atoms with Crippen LogP contribution in [-0.2, 0) is 28.2 Å². The van der Waals surface area contributed by atoms with Crippen LogP contribution in [0.3, 0.4) is 0 Å². The van der Waals surface area contributed by atoms with Gasteiger partial charge in [-0.3, -0.25) is 18.4 Å².